The Morgan fingerprint density at radius 2 is 1.09 bits per heavy atom. The molecular weight excluding hydrogens is 286 g/mol. The van der Waals surface area contributed by atoms with Gasteiger partial charge in [0.25, 0.3) is 6.13 Å². The summed E-state index contributed by atoms with van der Waals surface area (Å²) in [5, 5.41) is 0. The molecule has 0 nitrogen and oxygen atoms in total. The molecule has 0 saturated heterocycles. The zero-order valence-electron chi connectivity index (χ0n) is 15.4. The summed E-state index contributed by atoms with van der Waals surface area (Å²) >= 11 is 7.19. The van der Waals surface area contributed by atoms with E-state index in [1.165, 1.54) is 25.7 Å². The van der Waals surface area contributed by atoms with E-state index >= 15 is 0 Å². The first-order valence-corrected chi connectivity index (χ1v) is 10.2. The lowest BCUT2D eigenvalue weighted by Crippen LogP contribution is -2.58. The van der Waals surface area contributed by atoms with Gasteiger partial charge in [0.2, 0.25) is 0 Å². The molecule has 0 aromatic carbocycles. The van der Waals surface area contributed by atoms with Crippen LogP contribution in [0.1, 0.15) is 67.2 Å². The van der Waals surface area contributed by atoms with Crippen molar-refractivity contribution in [3.8, 4) is 0 Å². The largest absolute Gasteiger partial charge is 0.257 e. The van der Waals surface area contributed by atoms with Crippen LogP contribution in [0.5, 0.6) is 0 Å². The van der Waals surface area contributed by atoms with Crippen molar-refractivity contribution in [3.63, 3.8) is 0 Å². The van der Waals surface area contributed by atoms with Crippen LogP contribution in [-0.4, -0.2) is 6.13 Å². The van der Waals surface area contributed by atoms with Crippen molar-refractivity contribution < 1.29 is 0 Å². The van der Waals surface area contributed by atoms with Crippen LogP contribution < -0.4 is 0 Å². The fraction of sp³-hybridized carbons (Fsp3) is 1.00. The highest BCUT2D eigenvalue weighted by molar-refractivity contribution is 7.08. The maximum Gasteiger partial charge on any atom is 0.257 e. The van der Waals surface area contributed by atoms with Crippen LogP contribution in [-0.2, 0) is 0 Å². The molecular formula is C20H34BCl. The summed E-state index contributed by atoms with van der Waals surface area (Å²) in [6, 6.07) is 0. The first-order valence-electron chi connectivity index (χ1n) is 9.79. The van der Waals surface area contributed by atoms with Crippen molar-refractivity contribution in [2.24, 2.45) is 46.3 Å². The first-order chi connectivity index (χ1) is 10.2. The molecule has 6 aliphatic carbocycles. The summed E-state index contributed by atoms with van der Waals surface area (Å²) in [4.78, 5) is 0. The summed E-state index contributed by atoms with van der Waals surface area (Å²) in [6.45, 7) is 15.0. The lowest BCUT2D eigenvalue weighted by Gasteiger charge is -2.65. The van der Waals surface area contributed by atoms with Gasteiger partial charge in [-0.25, -0.2) is 0 Å². The lowest BCUT2D eigenvalue weighted by molar-refractivity contribution is -0.106. The highest BCUT2D eigenvalue weighted by Gasteiger charge is 2.62. The van der Waals surface area contributed by atoms with Crippen LogP contribution in [0.2, 0.25) is 11.6 Å². The first kappa shape index (κ1) is 15.9. The molecule has 8 atom stereocenters. The van der Waals surface area contributed by atoms with Gasteiger partial charge in [0.15, 0.2) is 0 Å². The van der Waals surface area contributed by atoms with Crippen molar-refractivity contribution in [2.75, 3.05) is 0 Å². The summed E-state index contributed by atoms with van der Waals surface area (Å²) in [5.74, 6) is 7.00. The maximum absolute atomic E-state index is 7.19. The van der Waals surface area contributed by atoms with E-state index in [0.717, 1.165) is 47.1 Å². The van der Waals surface area contributed by atoms with Gasteiger partial charge in [-0.05, 0) is 70.8 Å². The predicted molar refractivity (Wildman–Crippen MR) is 97.4 cm³/mol. The van der Waals surface area contributed by atoms with E-state index in [4.69, 9.17) is 11.5 Å². The van der Waals surface area contributed by atoms with Gasteiger partial charge in [0.1, 0.15) is 0 Å². The van der Waals surface area contributed by atoms with Gasteiger partial charge in [0.05, 0.1) is 0 Å². The van der Waals surface area contributed by atoms with E-state index in [1.54, 1.807) is 0 Å². The van der Waals surface area contributed by atoms with Gasteiger partial charge in [-0.2, -0.15) is 11.5 Å². The molecule has 2 heteroatoms. The molecule has 22 heavy (non-hydrogen) atoms. The van der Waals surface area contributed by atoms with E-state index in [1.807, 2.05) is 0 Å². The van der Waals surface area contributed by atoms with E-state index < -0.39 is 0 Å². The molecule has 0 N–H and O–H groups in total. The maximum atomic E-state index is 7.19. The van der Waals surface area contributed by atoms with Gasteiger partial charge in [-0.1, -0.05) is 54.4 Å². The molecule has 0 spiro atoms. The SMILES string of the molecule is C[C@H]1[C@H](B(Cl)[C@@H]2C[C@H]3C[C@@H]([C@H]2C)C3(C)C)C[C@@H]2C[C@@H]1C2(C)C. The molecule has 0 unspecified atom stereocenters. The Kier molecular flexibility index (Phi) is 3.39. The highest BCUT2D eigenvalue weighted by atomic mass is 35.5. The van der Waals surface area contributed by atoms with Crippen LogP contribution in [0, 0.1) is 46.3 Å². The fourth-order valence-electron chi connectivity index (χ4n) is 7.54. The minimum Gasteiger partial charge on any atom is -0.195 e. The third kappa shape index (κ3) is 1.84. The summed E-state index contributed by atoms with van der Waals surface area (Å²) in [5.41, 5.74) is 1.18. The van der Waals surface area contributed by atoms with E-state index in [2.05, 4.69) is 41.5 Å². The van der Waals surface area contributed by atoms with Gasteiger partial charge in [-0.15, -0.1) is 0 Å². The Morgan fingerprint density at radius 3 is 1.36 bits per heavy atom. The normalized spacial score (nSPS) is 54.1. The monoisotopic (exact) mass is 320 g/mol. The standard InChI is InChI=1S/C20H34BCl/c1-11-15-7-13(19(15,3)4)9-17(11)21(22)18-10-14-8-16(12(18)2)20(14,5)6/h11-18H,7-10H2,1-6H3/t11-,12-,13-,14+,15+,16+,17-,18-/m1/s1. The number of halogens is 1. The highest BCUT2D eigenvalue weighted by Crippen LogP contribution is 2.69. The second-order valence-corrected chi connectivity index (χ2v) is 11.2. The van der Waals surface area contributed by atoms with E-state index in [-0.39, 0.29) is 0 Å². The number of rotatable bonds is 2. The zero-order valence-corrected chi connectivity index (χ0v) is 16.2. The van der Waals surface area contributed by atoms with Crippen LogP contribution in [0.3, 0.4) is 0 Å². The Morgan fingerprint density at radius 1 is 0.727 bits per heavy atom. The molecule has 124 valence electrons. The Labute approximate surface area is 143 Å². The van der Waals surface area contributed by atoms with E-state index in [9.17, 15) is 0 Å². The van der Waals surface area contributed by atoms with Crippen molar-refractivity contribution in [1.29, 1.82) is 0 Å². The molecule has 6 aliphatic rings. The van der Waals surface area contributed by atoms with Gasteiger partial charge in [0, 0.05) is 0 Å². The molecule has 6 saturated carbocycles. The minimum atomic E-state index is 0.438. The molecule has 6 fully saturated rings. The average Bonchev–Trinajstić information content (AvgIpc) is 2.45. The Balaban J connectivity index is 1.49. The van der Waals surface area contributed by atoms with Crippen molar-refractivity contribution in [3.05, 3.63) is 0 Å². The topological polar surface area (TPSA) is 0 Å². The average molecular weight is 321 g/mol. The van der Waals surface area contributed by atoms with Gasteiger partial charge in [-0.3, -0.25) is 0 Å². The lowest BCUT2D eigenvalue weighted by atomic mass is 9.30. The van der Waals surface area contributed by atoms with Crippen LogP contribution in [0.25, 0.3) is 0 Å². The molecule has 0 amide bonds. The van der Waals surface area contributed by atoms with E-state index in [0.29, 0.717) is 17.0 Å². The predicted octanol–water partition coefficient (Wildman–Crippen LogP) is 6.36. The van der Waals surface area contributed by atoms with Crippen LogP contribution >= 0.6 is 11.5 Å². The molecule has 0 heterocycles. The zero-order chi connectivity index (χ0) is 16.0. The third-order valence-corrected chi connectivity index (χ3v) is 10.3. The van der Waals surface area contributed by atoms with Crippen LogP contribution in [0.4, 0.5) is 0 Å². The molecule has 0 aromatic rings. The molecule has 0 radical (unpaired) electrons. The third-order valence-electron chi connectivity index (χ3n) is 9.64. The molecule has 0 aromatic heterocycles. The van der Waals surface area contributed by atoms with Crippen molar-refractivity contribution in [1.82, 2.24) is 0 Å². The van der Waals surface area contributed by atoms with Crippen LogP contribution in [0.15, 0.2) is 0 Å². The number of fused-ring (bicyclic) bond motifs is 4. The Bertz CT molecular complexity index is 428. The Hall–Kier alpha value is 0.355. The van der Waals surface area contributed by atoms with Gasteiger partial charge < -0.3 is 0 Å². The fourth-order valence-corrected chi connectivity index (χ4v) is 8.20. The smallest absolute Gasteiger partial charge is 0.195 e. The second kappa shape index (κ2) is 4.71. The summed E-state index contributed by atoms with van der Waals surface area (Å²) in [7, 11) is 0. The molecule has 6 rings (SSSR count). The summed E-state index contributed by atoms with van der Waals surface area (Å²) < 4.78 is 0. The second-order valence-electron chi connectivity index (χ2n) is 10.7. The quantitative estimate of drug-likeness (QED) is 0.519. The number of hydrogen-bond donors (Lipinski definition) is 0. The van der Waals surface area contributed by atoms with Crippen molar-refractivity contribution >= 4 is 17.6 Å². The van der Waals surface area contributed by atoms with Gasteiger partial charge >= 0.3 is 0 Å². The minimum absolute atomic E-state index is 0.438. The molecule has 4 bridgehead atoms. The molecule has 0 aliphatic heterocycles. The summed E-state index contributed by atoms with van der Waals surface area (Å²) in [6.07, 6.45) is 6.20. The van der Waals surface area contributed by atoms with Crippen molar-refractivity contribution in [2.45, 2.75) is 78.9 Å². The number of hydrogen-bond acceptors (Lipinski definition) is 0.